The van der Waals surface area contributed by atoms with E-state index < -0.39 is 0 Å². The Hall–Kier alpha value is -1.60. The second-order valence-electron chi connectivity index (χ2n) is 6.99. The Labute approximate surface area is 143 Å². The second-order valence-corrected chi connectivity index (χ2v) is 7.42. The number of carbonyl (C=O) groups excluding carboxylic acids is 1. The molecule has 3 rings (SSSR count). The minimum absolute atomic E-state index is 0.0380. The molecule has 1 aliphatic rings. The molecule has 1 aliphatic carbocycles. The molecule has 0 aromatic heterocycles. The van der Waals surface area contributed by atoms with E-state index in [4.69, 9.17) is 11.6 Å². The first-order valence-corrected chi connectivity index (χ1v) is 8.80. The van der Waals surface area contributed by atoms with Crippen LogP contribution in [0.15, 0.2) is 54.6 Å². The smallest absolute Gasteiger partial charge is 0.166 e. The Morgan fingerprint density at radius 3 is 2.48 bits per heavy atom. The molecule has 0 aliphatic heterocycles. The zero-order valence-electron chi connectivity index (χ0n) is 13.6. The van der Waals surface area contributed by atoms with Crippen LogP contribution in [0.25, 0.3) is 0 Å². The van der Waals surface area contributed by atoms with Gasteiger partial charge < -0.3 is 0 Å². The zero-order valence-corrected chi connectivity index (χ0v) is 14.4. The Morgan fingerprint density at radius 2 is 1.78 bits per heavy atom. The highest BCUT2D eigenvalue weighted by Crippen LogP contribution is 2.45. The van der Waals surface area contributed by atoms with E-state index in [0.29, 0.717) is 5.02 Å². The molecule has 0 spiro atoms. The third-order valence-electron chi connectivity index (χ3n) is 5.23. The van der Waals surface area contributed by atoms with E-state index >= 15 is 0 Å². The van der Waals surface area contributed by atoms with Crippen molar-refractivity contribution in [3.05, 3.63) is 70.7 Å². The lowest BCUT2D eigenvalue weighted by Gasteiger charge is -2.41. The van der Waals surface area contributed by atoms with E-state index in [1.54, 1.807) is 0 Å². The number of benzene rings is 2. The Kier molecular flexibility index (Phi) is 4.87. The summed E-state index contributed by atoms with van der Waals surface area (Å²) in [5.74, 6) is 0.373. The lowest BCUT2D eigenvalue weighted by molar-refractivity contribution is 0.0647. The molecule has 120 valence electrons. The quantitative estimate of drug-likeness (QED) is 0.633. The number of rotatable bonds is 4. The predicted molar refractivity (Wildman–Crippen MR) is 96.0 cm³/mol. The van der Waals surface area contributed by atoms with Crippen LogP contribution in [-0.2, 0) is 6.42 Å². The molecule has 1 saturated carbocycles. The van der Waals surface area contributed by atoms with Gasteiger partial charge in [-0.2, -0.15) is 0 Å². The summed E-state index contributed by atoms with van der Waals surface area (Å²) in [6.45, 7) is 2.29. The van der Waals surface area contributed by atoms with Gasteiger partial charge in [-0.15, -0.1) is 0 Å². The fourth-order valence-corrected chi connectivity index (χ4v) is 4.06. The summed E-state index contributed by atoms with van der Waals surface area (Å²) in [7, 11) is 0. The minimum Gasteiger partial charge on any atom is -0.294 e. The summed E-state index contributed by atoms with van der Waals surface area (Å²) in [5.41, 5.74) is 2.16. The zero-order chi connectivity index (χ0) is 16.3. The third kappa shape index (κ3) is 3.67. The van der Waals surface area contributed by atoms with Gasteiger partial charge in [-0.25, -0.2) is 0 Å². The van der Waals surface area contributed by atoms with Crippen LogP contribution in [0.5, 0.6) is 0 Å². The van der Waals surface area contributed by atoms with Crippen molar-refractivity contribution in [3.8, 4) is 0 Å². The lowest BCUT2D eigenvalue weighted by Crippen LogP contribution is -2.38. The van der Waals surface area contributed by atoms with Gasteiger partial charge in [0.25, 0.3) is 0 Å². The van der Waals surface area contributed by atoms with Gasteiger partial charge in [0.2, 0.25) is 0 Å². The standard InChI is InChI=1S/C21H23ClO/c1-21(15-16-7-3-2-4-8-16)14-6-5-9-19(21)20(23)17-10-12-18(22)13-11-17/h2-4,7-8,10-13,19H,5-6,9,14-15H2,1H3/t19-,21+/m1/s1. The number of ketones is 1. The first-order valence-electron chi connectivity index (χ1n) is 8.42. The van der Waals surface area contributed by atoms with Gasteiger partial charge in [-0.05, 0) is 54.5 Å². The third-order valence-corrected chi connectivity index (χ3v) is 5.48. The van der Waals surface area contributed by atoms with Gasteiger partial charge in [0, 0.05) is 16.5 Å². The maximum Gasteiger partial charge on any atom is 0.166 e. The van der Waals surface area contributed by atoms with Gasteiger partial charge in [0.1, 0.15) is 0 Å². The number of Topliss-reactive ketones (excluding diaryl/α,β-unsaturated/α-hetero) is 1. The average Bonchev–Trinajstić information content (AvgIpc) is 2.56. The van der Waals surface area contributed by atoms with Crippen LogP contribution in [0.3, 0.4) is 0 Å². The summed E-state index contributed by atoms with van der Waals surface area (Å²) >= 11 is 5.95. The van der Waals surface area contributed by atoms with E-state index in [0.717, 1.165) is 31.2 Å². The van der Waals surface area contributed by atoms with Crippen LogP contribution in [0.4, 0.5) is 0 Å². The number of hydrogen-bond donors (Lipinski definition) is 0. The average molecular weight is 327 g/mol. The molecule has 2 atom stereocenters. The summed E-state index contributed by atoms with van der Waals surface area (Å²) in [6, 6.07) is 17.9. The largest absolute Gasteiger partial charge is 0.294 e. The van der Waals surface area contributed by atoms with E-state index in [-0.39, 0.29) is 17.1 Å². The molecule has 0 N–H and O–H groups in total. The number of carbonyl (C=O) groups is 1. The maximum absolute atomic E-state index is 13.1. The highest BCUT2D eigenvalue weighted by Gasteiger charge is 2.40. The predicted octanol–water partition coefficient (Wildman–Crippen LogP) is 5.96. The van der Waals surface area contributed by atoms with Crippen LogP contribution in [0.2, 0.25) is 5.02 Å². The summed E-state index contributed by atoms with van der Waals surface area (Å²) in [6.07, 6.45) is 5.44. The SMILES string of the molecule is C[C@@]1(Cc2ccccc2)CCCC[C@@H]1C(=O)c1ccc(Cl)cc1. The van der Waals surface area contributed by atoms with Gasteiger partial charge in [0.15, 0.2) is 5.78 Å². The number of hydrogen-bond acceptors (Lipinski definition) is 1. The van der Waals surface area contributed by atoms with Crippen molar-refractivity contribution in [2.24, 2.45) is 11.3 Å². The van der Waals surface area contributed by atoms with E-state index in [1.807, 2.05) is 30.3 Å². The van der Waals surface area contributed by atoms with Crippen molar-refractivity contribution >= 4 is 17.4 Å². The van der Waals surface area contributed by atoms with Crippen molar-refractivity contribution < 1.29 is 4.79 Å². The number of halogens is 1. The van der Waals surface area contributed by atoms with Crippen LogP contribution in [-0.4, -0.2) is 5.78 Å². The van der Waals surface area contributed by atoms with E-state index in [9.17, 15) is 4.79 Å². The molecular formula is C21H23ClO. The summed E-state index contributed by atoms with van der Waals surface area (Å²) < 4.78 is 0. The van der Waals surface area contributed by atoms with Crippen molar-refractivity contribution in [2.75, 3.05) is 0 Å². The molecule has 0 radical (unpaired) electrons. The van der Waals surface area contributed by atoms with Gasteiger partial charge in [0.05, 0.1) is 0 Å². The van der Waals surface area contributed by atoms with Crippen LogP contribution >= 0.6 is 11.6 Å². The van der Waals surface area contributed by atoms with Crippen molar-refractivity contribution in [1.29, 1.82) is 0 Å². The van der Waals surface area contributed by atoms with Crippen LogP contribution in [0.1, 0.15) is 48.5 Å². The lowest BCUT2D eigenvalue weighted by atomic mass is 9.62. The molecule has 2 aromatic carbocycles. The molecule has 1 nitrogen and oxygen atoms in total. The first kappa shape index (κ1) is 16.3. The van der Waals surface area contributed by atoms with Gasteiger partial charge in [-0.3, -0.25) is 4.79 Å². The van der Waals surface area contributed by atoms with Crippen LogP contribution < -0.4 is 0 Å². The normalized spacial score (nSPS) is 24.3. The highest BCUT2D eigenvalue weighted by molar-refractivity contribution is 6.30. The van der Waals surface area contributed by atoms with Crippen molar-refractivity contribution in [3.63, 3.8) is 0 Å². The first-order chi connectivity index (χ1) is 11.1. The maximum atomic E-state index is 13.1. The Balaban J connectivity index is 1.85. The van der Waals surface area contributed by atoms with Crippen molar-refractivity contribution in [2.45, 2.75) is 39.0 Å². The molecule has 23 heavy (non-hydrogen) atoms. The molecule has 0 bridgehead atoms. The fraction of sp³-hybridized carbons (Fsp3) is 0.381. The van der Waals surface area contributed by atoms with Gasteiger partial charge >= 0.3 is 0 Å². The Morgan fingerprint density at radius 1 is 1.09 bits per heavy atom. The highest BCUT2D eigenvalue weighted by atomic mass is 35.5. The molecule has 2 heteroatoms. The van der Waals surface area contributed by atoms with E-state index in [1.165, 1.54) is 12.0 Å². The second kappa shape index (κ2) is 6.88. The fourth-order valence-electron chi connectivity index (χ4n) is 3.94. The molecule has 0 heterocycles. The van der Waals surface area contributed by atoms with Gasteiger partial charge in [-0.1, -0.05) is 61.7 Å². The topological polar surface area (TPSA) is 17.1 Å². The van der Waals surface area contributed by atoms with Crippen LogP contribution in [0, 0.1) is 11.3 Å². The minimum atomic E-state index is 0.0380. The Bertz CT molecular complexity index is 662. The molecule has 1 fully saturated rings. The monoisotopic (exact) mass is 326 g/mol. The molecule has 2 aromatic rings. The molecule has 0 saturated heterocycles. The molecule has 0 unspecified atom stereocenters. The van der Waals surface area contributed by atoms with E-state index in [2.05, 4.69) is 31.2 Å². The molecular weight excluding hydrogens is 304 g/mol. The summed E-state index contributed by atoms with van der Waals surface area (Å²) in [4.78, 5) is 13.1. The van der Waals surface area contributed by atoms with Crippen molar-refractivity contribution in [1.82, 2.24) is 0 Å². The molecule has 0 amide bonds. The summed E-state index contributed by atoms with van der Waals surface area (Å²) in [5, 5.41) is 0.678.